The molecule has 0 aliphatic heterocycles. The highest BCUT2D eigenvalue weighted by molar-refractivity contribution is 9.10. The van der Waals surface area contributed by atoms with E-state index >= 15 is 0 Å². The molecular formula is C11H15BrO2. The maximum absolute atomic E-state index is 5.35. The van der Waals surface area contributed by atoms with E-state index < -0.39 is 0 Å². The predicted octanol–water partition coefficient (Wildman–Crippen LogP) is 3.59. The number of rotatable bonds is 3. The van der Waals surface area contributed by atoms with Crippen LogP contribution in [0.4, 0.5) is 0 Å². The Morgan fingerprint density at radius 2 is 1.64 bits per heavy atom. The summed E-state index contributed by atoms with van der Waals surface area (Å²) in [5.41, 5.74) is 1.16. The van der Waals surface area contributed by atoms with Gasteiger partial charge in [-0.15, -0.1) is 0 Å². The van der Waals surface area contributed by atoms with Crippen molar-refractivity contribution in [2.45, 2.75) is 19.8 Å². The fourth-order valence-corrected chi connectivity index (χ4v) is 1.88. The van der Waals surface area contributed by atoms with E-state index in [9.17, 15) is 0 Å². The Kier molecular flexibility index (Phi) is 3.81. The van der Waals surface area contributed by atoms with Gasteiger partial charge < -0.3 is 9.47 Å². The van der Waals surface area contributed by atoms with Gasteiger partial charge in [0.1, 0.15) is 0 Å². The van der Waals surface area contributed by atoms with Crippen LogP contribution < -0.4 is 9.47 Å². The second-order valence-electron chi connectivity index (χ2n) is 3.36. The van der Waals surface area contributed by atoms with Crippen molar-refractivity contribution in [3.63, 3.8) is 0 Å². The molecule has 1 rings (SSSR count). The highest BCUT2D eigenvalue weighted by Crippen LogP contribution is 2.40. The molecule has 14 heavy (non-hydrogen) atoms. The summed E-state index contributed by atoms with van der Waals surface area (Å²) in [7, 11) is 3.31. The SMILES string of the molecule is COc1c(Br)ccc(C(C)C)c1OC. The van der Waals surface area contributed by atoms with Gasteiger partial charge in [0.15, 0.2) is 11.5 Å². The van der Waals surface area contributed by atoms with Gasteiger partial charge in [-0.3, -0.25) is 0 Å². The molecule has 0 saturated heterocycles. The Hall–Kier alpha value is -0.700. The molecule has 0 amide bonds. The maximum atomic E-state index is 5.35. The van der Waals surface area contributed by atoms with E-state index in [-0.39, 0.29) is 0 Å². The van der Waals surface area contributed by atoms with Crippen LogP contribution in [-0.2, 0) is 0 Å². The lowest BCUT2D eigenvalue weighted by Gasteiger charge is -2.16. The number of benzene rings is 1. The molecule has 0 aliphatic carbocycles. The molecule has 0 aliphatic rings. The molecule has 0 atom stereocenters. The van der Waals surface area contributed by atoms with E-state index in [0.29, 0.717) is 5.92 Å². The summed E-state index contributed by atoms with van der Waals surface area (Å²) in [5.74, 6) is 2.00. The van der Waals surface area contributed by atoms with Crippen LogP contribution in [0.3, 0.4) is 0 Å². The van der Waals surface area contributed by atoms with Crippen molar-refractivity contribution >= 4 is 15.9 Å². The molecule has 0 N–H and O–H groups in total. The standard InChI is InChI=1S/C11H15BrO2/c1-7(2)8-5-6-9(12)11(14-4)10(8)13-3/h5-7H,1-4H3. The molecule has 1 aromatic carbocycles. The first-order valence-corrected chi connectivity index (χ1v) is 5.31. The summed E-state index contributed by atoms with van der Waals surface area (Å²) in [4.78, 5) is 0. The van der Waals surface area contributed by atoms with Crippen LogP contribution in [0.1, 0.15) is 25.3 Å². The highest BCUT2D eigenvalue weighted by atomic mass is 79.9. The summed E-state index contributed by atoms with van der Waals surface area (Å²) in [6.07, 6.45) is 0. The highest BCUT2D eigenvalue weighted by Gasteiger charge is 2.15. The van der Waals surface area contributed by atoms with Crippen molar-refractivity contribution in [3.8, 4) is 11.5 Å². The number of hydrogen-bond acceptors (Lipinski definition) is 2. The van der Waals surface area contributed by atoms with Crippen molar-refractivity contribution in [3.05, 3.63) is 22.2 Å². The Labute approximate surface area is 93.4 Å². The maximum Gasteiger partial charge on any atom is 0.175 e. The first-order chi connectivity index (χ1) is 6.61. The third-order valence-electron chi connectivity index (χ3n) is 2.12. The van der Waals surface area contributed by atoms with Gasteiger partial charge in [-0.05, 0) is 27.9 Å². The Morgan fingerprint density at radius 1 is 1.07 bits per heavy atom. The molecule has 0 aromatic heterocycles. The van der Waals surface area contributed by atoms with Crippen LogP contribution in [0.5, 0.6) is 11.5 Å². The van der Waals surface area contributed by atoms with Crippen LogP contribution in [0.25, 0.3) is 0 Å². The monoisotopic (exact) mass is 258 g/mol. The Bertz CT molecular complexity index is 321. The van der Waals surface area contributed by atoms with Crippen LogP contribution >= 0.6 is 15.9 Å². The lowest BCUT2D eigenvalue weighted by molar-refractivity contribution is 0.348. The molecule has 0 unspecified atom stereocenters. The largest absolute Gasteiger partial charge is 0.493 e. The normalized spacial score (nSPS) is 10.4. The second-order valence-corrected chi connectivity index (χ2v) is 4.21. The van der Waals surface area contributed by atoms with E-state index in [1.54, 1.807) is 14.2 Å². The minimum absolute atomic E-state index is 0.423. The molecular weight excluding hydrogens is 244 g/mol. The molecule has 0 bridgehead atoms. The van der Waals surface area contributed by atoms with Crippen molar-refractivity contribution < 1.29 is 9.47 Å². The van der Waals surface area contributed by atoms with Crippen molar-refractivity contribution in [1.29, 1.82) is 0 Å². The number of hydrogen-bond donors (Lipinski definition) is 0. The average Bonchev–Trinajstić information content (AvgIpc) is 2.16. The first-order valence-electron chi connectivity index (χ1n) is 4.52. The summed E-state index contributed by atoms with van der Waals surface area (Å²) in [5, 5.41) is 0. The second kappa shape index (κ2) is 4.69. The summed E-state index contributed by atoms with van der Waals surface area (Å²) < 4.78 is 11.6. The molecule has 0 saturated carbocycles. The zero-order valence-corrected chi connectivity index (χ0v) is 10.5. The quantitative estimate of drug-likeness (QED) is 0.825. The summed E-state index contributed by atoms with van der Waals surface area (Å²) >= 11 is 3.43. The number of halogens is 1. The van der Waals surface area contributed by atoms with E-state index in [1.165, 1.54) is 0 Å². The van der Waals surface area contributed by atoms with Crippen LogP contribution in [0, 0.1) is 0 Å². The lowest BCUT2D eigenvalue weighted by atomic mass is 10.0. The molecule has 78 valence electrons. The fourth-order valence-electron chi connectivity index (χ4n) is 1.41. The third-order valence-corrected chi connectivity index (χ3v) is 2.75. The predicted molar refractivity (Wildman–Crippen MR) is 61.3 cm³/mol. The van der Waals surface area contributed by atoms with Gasteiger partial charge in [-0.1, -0.05) is 19.9 Å². The smallest absolute Gasteiger partial charge is 0.175 e. The van der Waals surface area contributed by atoms with Gasteiger partial charge in [-0.2, -0.15) is 0 Å². The van der Waals surface area contributed by atoms with Gasteiger partial charge in [0.05, 0.1) is 18.7 Å². The minimum Gasteiger partial charge on any atom is -0.493 e. The molecule has 0 fully saturated rings. The van der Waals surface area contributed by atoms with Crippen LogP contribution in [0.2, 0.25) is 0 Å². The third kappa shape index (κ3) is 2.03. The van der Waals surface area contributed by atoms with Crippen molar-refractivity contribution in [1.82, 2.24) is 0 Å². The molecule has 1 aromatic rings. The zero-order chi connectivity index (χ0) is 10.7. The van der Waals surface area contributed by atoms with Crippen LogP contribution in [0.15, 0.2) is 16.6 Å². The van der Waals surface area contributed by atoms with Crippen molar-refractivity contribution in [2.24, 2.45) is 0 Å². The van der Waals surface area contributed by atoms with Crippen molar-refractivity contribution in [2.75, 3.05) is 14.2 Å². The minimum atomic E-state index is 0.423. The molecule has 0 radical (unpaired) electrons. The zero-order valence-electron chi connectivity index (χ0n) is 8.93. The average molecular weight is 259 g/mol. The van der Waals surface area contributed by atoms with Gasteiger partial charge in [0, 0.05) is 5.56 Å². The van der Waals surface area contributed by atoms with Gasteiger partial charge in [0.25, 0.3) is 0 Å². The van der Waals surface area contributed by atoms with E-state index in [1.807, 2.05) is 6.07 Å². The molecule has 0 heterocycles. The van der Waals surface area contributed by atoms with E-state index in [2.05, 4.69) is 35.8 Å². The topological polar surface area (TPSA) is 18.5 Å². The number of ether oxygens (including phenoxy) is 2. The van der Waals surface area contributed by atoms with Gasteiger partial charge >= 0.3 is 0 Å². The molecule has 2 nitrogen and oxygen atoms in total. The van der Waals surface area contributed by atoms with Gasteiger partial charge in [-0.25, -0.2) is 0 Å². The molecule has 0 spiro atoms. The first kappa shape index (κ1) is 11.4. The number of methoxy groups -OCH3 is 2. The van der Waals surface area contributed by atoms with E-state index in [0.717, 1.165) is 21.5 Å². The lowest BCUT2D eigenvalue weighted by Crippen LogP contribution is -1.98. The van der Waals surface area contributed by atoms with Crippen LogP contribution in [-0.4, -0.2) is 14.2 Å². The summed E-state index contributed by atoms with van der Waals surface area (Å²) in [6, 6.07) is 4.03. The Balaban J connectivity index is 3.33. The summed E-state index contributed by atoms with van der Waals surface area (Å²) in [6.45, 7) is 4.26. The molecule has 3 heteroatoms. The fraction of sp³-hybridized carbons (Fsp3) is 0.455. The van der Waals surface area contributed by atoms with E-state index in [4.69, 9.17) is 9.47 Å². The van der Waals surface area contributed by atoms with Gasteiger partial charge in [0.2, 0.25) is 0 Å². The Morgan fingerprint density at radius 3 is 2.07 bits per heavy atom.